The average Bonchev–Trinajstić information content (AvgIpc) is 3.25. The standard InChI is InChI=1S/C27H36N2O2.2C2H4O2.Co/c1-18(2)12-20-8-10-26(30)22(14-20)16-28-24-6-5-7-25(24)29-17-23-15-21(13-19(3)4)9-11-27(23)31;2*1-2(3)4;/h8-11,14-19,24-25,30-31H,5-7,12-13H2,1-4H3;2*1H3,(H,3,4);/q;;;+2/p-2. The quantitative estimate of drug-likeness (QED) is 0.446. The Kier molecular flexibility index (Phi) is 17.5. The summed E-state index contributed by atoms with van der Waals surface area (Å²) in [5, 5.41) is 38.2. The number of hydrogen-bond acceptors (Lipinski definition) is 8. The fourth-order valence-corrected chi connectivity index (χ4v) is 4.23. The van der Waals surface area contributed by atoms with Gasteiger partial charge in [-0.15, -0.1) is 0 Å². The van der Waals surface area contributed by atoms with Gasteiger partial charge in [0.15, 0.2) is 0 Å². The van der Waals surface area contributed by atoms with Gasteiger partial charge in [0, 0.05) is 35.5 Å². The Hall–Kier alpha value is -3.17. The van der Waals surface area contributed by atoms with Crippen molar-refractivity contribution in [2.45, 2.75) is 85.7 Å². The first-order chi connectivity index (χ1) is 18.3. The van der Waals surface area contributed by atoms with E-state index in [4.69, 9.17) is 29.8 Å². The molecule has 0 amide bonds. The SMILES string of the molecule is CC(=O)[O-].CC(=O)[O-].CC(C)Cc1ccc(O)c(C=NC2CCCC2N=Cc2cc(CC(C)C)ccc2O)c1.[Co+2]. The molecule has 2 aromatic carbocycles. The molecule has 2 atom stereocenters. The summed E-state index contributed by atoms with van der Waals surface area (Å²) in [6.07, 6.45) is 8.64. The zero-order valence-corrected chi connectivity index (χ0v) is 25.3. The molecule has 1 aliphatic rings. The maximum Gasteiger partial charge on any atom is 2.00 e. The predicted molar refractivity (Wildman–Crippen MR) is 151 cm³/mol. The molecule has 40 heavy (non-hydrogen) atoms. The molecule has 2 aromatic rings. The number of carbonyl (C=O) groups excluding carboxylic acids is 2. The molecule has 0 heterocycles. The molecule has 1 fully saturated rings. The van der Waals surface area contributed by atoms with E-state index in [9.17, 15) is 10.2 Å². The van der Waals surface area contributed by atoms with Crippen LogP contribution >= 0.6 is 0 Å². The third-order valence-corrected chi connectivity index (χ3v) is 5.73. The van der Waals surface area contributed by atoms with Crippen molar-refractivity contribution >= 4 is 24.4 Å². The van der Waals surface area contributed by atoms with Gasteiger partial charge in [-0.1, -0.05) is 39.8 Å². The number of rotatable bonds is 8. The van der Waals surface area contributed by atoms with Gasteiger partial charge in [-0.25, -0.2) is 0 Å². The van der Waals surface area contributed by atoms with Crippen LogP contribution in [0.25, 0.3) is 0 Å². The first-order valence-corrected chi connectivity index (χ1v) is 13.3. The Morgan fingerprint density at radius 2 is 1.12 bits per heavy atom. The van der Waals surface area contributed by atoms with Crippen molar-refractivity contribution in [3.63, 3.8) is 0 Å². The van der Waals surface area contributed by atoms with E-state index in [-0.39, 0.29) is 40.4 Å². The zero-order valence-electron chi connectivity index (χ0n) is 24.2. The third-order valence-electron chi connectivity index (χ3n) is 5.73. The Labute approximate surface area is 248 Å². The van der Waals surface area contributed by atoms with E-state index in [0.717, 1.165) is 57.1 Å². The summed E-state index contributed by atoms with van der Waals surface area (Å²) >= 11 is 0. The summed E-state index contributed by atoms with van der Waals surface area (Å²) in [4.78, 5) is 27.4. The number of phenolic OH excluding ortho intramolecular Hbond substituents is 2. The number of aliphatic carboxylic acids is 2. The number of nitrogens with zero attached hydrogens (tertiary/aromatic N) is 2. The minimum Gasteiger partial charge on any atom is -0.550 e. The van der Waals surface area contributed by atoms with Gasteiger partial charge >= 0.3 is 16.8 Å². The van der Waals surface area contributed by atoms with Gasteiger partial charge < -0.3 is 30.0 Å². The summed E-state index contributed by atoms with van der Waals surface area (Å²) in [6, 6.07) is 11.8. The van der Waals surface area contributed by atoms with Crippen LogP contribution in [0.3, 0.4) is 0 Å². The molecule has 1 saturated carbocycles. The fraction of sp³-hybridized carbons (Fsp3) is 0.484. The van der Waals surface area contributed by atoms with E-state index in [1.54, 1.807) is 24.6 Å². The molecule has 0 aromatic heterocycles. The van der Waals surface area contributed by atoms with Crippen molar-refractivity contribution in [3.8, 4) is 11.5 Å². The molecule has 9 heteroatoms. The molecule has 1 radical (unpaired) electrons. The van der Waals surface area contributed by atoms with Gasteiger partial charge in [0.2, 0.25) is 0 Å². The predicted octanol–water partition coefficient (Wildman–Crippen LogP) is 3.46. The van der Waals surface area contributed by atoms with Gasteiger partial charge in [-0.05, 0) is 93.2 Å². The Bertz CT molecular complexity index is 1040. The fourth-order valence-electron chi connectivity index (χ4n) is 4.23. The van der Waals surface area contributed by atoms with E-state index < -0.39 is 11.9 Å². The summed E-state index contributed by atoms with van der Waals surface area (Å²) in [6.45, 7) is 10.7. The number of carboxylic acids is 2. The van der Waals surface area contributed by atoms with E-state index in [2.05, 4.69) is 27.7 Å². The molecular formula is C31H42CoN2O6. The summed E-state index contributed by atoms with van der Waals surface area (Å²) in [5.74, 6) is -0.501. The van der Waals surface area contributed by atoms with Gasteiger partial charge in [0.25, 0.3) is 0 Å². The van der Waals surface area contributed by atoms with E-state index in [0.29, 0.717) is 11.8 Å². The van der Waals surface area contributed by atoms with Crippen LogP contribution in [0.4, 0.5) is 0 Å². The number of aliphatic imine (C=N–C) groups is 2. The van der Waals surface area contributed by atoms with Crippen LogP contribution in [0.1, 0.15) is 83.1 Å². The maximum absolute atomic E-state index is 10.2. The monoisotopic (exact) mass is 597 g/mol. The van der Waals surface area contributed by atoms with E-state index >= 15 is 0 Å². The van der Waals surface area contributed by atoms with Crippen molar-refractivity contribution in [1.29, 1.82) is 0 Å². The summed E-state index contributed by atoms with van der Waals surface area (Å²) < 4.78 is 0. The summed E-state index contributed by atoms with van der Waals surface area (Å²) in [5.41, 5.74) is 3.97. The Balaban J connectivity index is 0.00000149. The van der Waals surface area contributed by atoms with Gasteiger partial charge in [-0.2, -0.15) is 0 Å². The van der Waals surface area contributed by atoms with Crippen molar-refractivity contribution in [3.05, 3.63) is 58.7 Å². The molecule has 221 valence electrons. The first-order valence-electron chi connectivity index (χ1n) is 13.3. The minimum absolute atomic E-state index is 0. The topological polar surface area (TPSA) is 145 Å². The normalized spacial score (nSPS) is 16.3. The van der Waals surface area contributed by atoms with E-state index in [1.165, 1.54) is 11.1 Å². The van der Waals surface area contributed by atoms with Crippen molar-refractivity contribution in [2.24, 2.45) is 21.8 Å². The number of aromatic hydroxyl groups is 2. The van der Waals surface area contributed by atoms with Crippen LogP contribution in [-0.2, 0) is 39.2 Å². The first kappa shape index (κ1) is 36.8. The second-order valence-electron chi connectivity index (χ2n) is 10.6. The number of hydrogen-bond donors (Lipinski definition) is 2. The van der Waals surface area contributed by atoms with Crippen LogP contribution in [-0.4, -0.2) is 46.7 Å². The second kappa shape index (κ2) is 19.0. The molecule has 0 aliphatic heterocycles. The van der Waals surface area contributed by atoms with Gasteiger partial charge in [0.1, 0.15) is 11.5 Å². The molecule has 0 saturated heterocycles. The number of phenols is 2. The number of benzene rings is 2. The average molecular weight is 598 g/mol. The van der Waals surface area contributed by atoms with Crippen LogP contribution in [0, 0.1) is 11.8 Å². The number of carboxylic acid groups (broad SMARTS) is 2. The largest absolute Gasteiger partial charge is 2.00 e. The molecule has 8 nitrogen and oxygen atoms in total. The van der Waals surface area contributed by atoms with Crippen LogP contribution < -0.4 is 10.2 Å². The van der Waals surface area contributed by atoms with Crippen molar-refractivity contribution in [1.82, 2.24) is 0 Å². The van der Waals surface area contributed by atoms with Gasteiger partial charge in [0.05, 0.1) is 12.1 Å². The van der Waals surface area contributed by atoms with Crippen LogP contribution in [0.15, 0.2) is 46.4 Å². The smallest absolute Gasteiger partial charge is 0.550 e. The number of carbonyl (C=O) groups is 2. The molecule has 1 aliphatic carbocycles. The maximum atomic E-state index is 10.2. The second-order valence-corrected chi connectivity index (χ2v) is 10.6. The summed E-state index contributed by atoms with van der Waals surface area (Å²) in [7, 11) is 0. The van der Waals surface area contributed by atoms with Crippen LogP contribution in [0.5, 0.6) is 11.5 Å². The molecule has 0 spiro atoms. The van der Waals surface area contributed by atoms with E-state index in [1.807, 2.05) is 24.3 Å². The Morgan fingerprint density at radius 1 is 0.800 bits per heavy atom. The van der Waals surface area contributed by atoms with Crippen molar-refractivity contribution in [2.75, 3.05) is 0 Å². The van der Waals surface area contributed by atoms with Crippen molar-refractivity contribution < 1.29 is 46.8 Å². The molecule has 0 bridgehead atoms. The molecule has 3 rings (SSSR count). The molecule has 2 unspecified atom stereocenters. The van der Waals surface area contributed by atoms with Gasteiger partial charge in [-0.3, -0.25) is 9.98 Å². The Morgan fingerprint density at radius 3 is 1.43 bits per heavy atom. The minimum atomic E-state index is -1.08. The third kappa shape index (κ3) is 15.4. The van der Waals surface area contributed by atoms with Crippen LogP contribution in [0.2, 0.25) is 0 Å². The molecule has 2 N–H and O–H groups in total. The zero-order chi connectivity index (χ0) is 29.5. The molecular weight excluding hydrogens is 555 g/mol.